The molecule has 0 saturated carbocycles. The van der Waals surface area contributed by atoms with E-state index in [0.29, 0.717) is 13.2 Å². The molecule has 4 nitrogen and oxygen atoms in total. The number of morpholine rings is 1. The molecule has 0 aromatic heterocycles. The molecule has 2 rings (SSSR count). The maximum atomic E-state index is 12.2. The molecule has 0 spiro atoms. The number of carbonyl (C=O) groups is 1. The number of amides is 1. The Morgan fingerprint density at radius 2 is 2.33 bits per heavy atom. The normalized spacial score (nSPS) is 30.5. The number of carbonyl (C=O) groups excluding carboxylic acids is 1. The lowest BCUT2D eigenvalue weighted by molar-refractivity contribution is -0.139. The van der Waals surface area contributed by atoms with Gasteiger partial charge in [0.15, 0.2) is 0 Å². The Hall–Kier alpha value is -0.610. The predicted molar refractivity (Wildman–Crippen MR) is 57.6 cm³/mol. The zero-order valence-electron chi connectivity index (χ0n) is 9.58. The molecule has 2 heterocycles. The molecule has 1 unspecified atom stereocenters. The standard InChI is InChI=1S/C11H20N2O2/c1-11(2)4-3-6-13(11)10(14)9-8-15-7-5-12-9/h9,12H,3-8H2,1-2H3. The summed E-state index contributed by atoms with van der Waals surface area (Å²) in [7, 11) is 0. The molecule has 0 bridgehead atoms. The van der Waals surface area contributed by atoms with Crippen LogP contribution in [-0.4, -0.2) is 48.7 Å². The molecule has 1 atom stereocenters. The number of ether oxygens (including phenoxy) is 1. The second kappa shape index (κ2) is 4.10. The summed E-state index contributed by atoms with van der Waals surface area (Å²) in [4.78, 5) is 14.2. The highest BCUT2D eigenvalue weighted by molar-refractivity contribution is 5.83. The average molecular weight is 212 g/mol. The minimum atomic E-state index is -0.129. The summed E-state index contributed by atoms with van der Waals surface area (Å²) in [5, 5.41) is 3.22. The highest BCUT2D eigenvalue weighted by Gasteiger charge is 2.38. The van der Waals surface area contributed by atoms with Gasteiger partial charge in [0.2, 0.25) is 5.91 Å². The highest BCUT2D eigenvalue weighted by atomic mass is 16.5. The van der Waals surface area contributed by atoms with Crippen LogP contribution in [0.2, 0.25) is 0 Å². The molecule has 2 aliphatic rings. The Kier molecular flexibility index (Phi) is 2.98. The van der Waals surface area contributed by atoms with E-state index in [-0.39, 0.29) is 17.5 Å². The first-order valence-electron chi connectivity index (χ1n) is 5.74. The van der Waals surface area contributed by atoms with Crippen molar-refractivity contribution >= 4 is 5.91 Å². The average Bonchev–Trinajstić information content (AvgIpc) is 2.58. The number of likely N-dealkylation sites (tertiary alicyclic amines) is 1. The van der Waals surface area contributed by atoms with E-state index in [9.17, 15) is 4.79 Å². The fourth-order valence-electron chi connectivity index (χ4n) is 2.43. The van der Waals surface area contributed by atoms with Crippen LogP contribution in [0.25, 0.3) is 0 Å². The van der Waals surface area contributed by atoms with E-state index in [1.54, 1.807) is 0 Å². The van der Waals surface area contributed by atoms with Gasteiger partial charge in [0.05, 0.1) is 13.2 Å². The van der Waals surface area contributed by atoms with Crippen LogP contribution in [0.15, 0.2) is 0 Å². The van der Waals surface area contributed by atoms with Crippen molar-refractivity contribution in [3.05, 3.63) is 0 Å². The van der Waals surface area contributed by atoms with Crippen LogP contribution in [-0.2, 0) is 9.53 Å². The Bertz CT molecular complexity index is 247. The molecule has 0 aromatic rings. The zero-order valence-corrected chi connectivity index (χ0v) is 9.58. The third-order valence-corrected chi connectivity index (χ3v) is 3.39. The van der Waals surface area contributed by atoms with Gasteiger partial charge in [-0.15, -0.1) is 0 Å². The first-order valence-corrected chi connectivity index (χ1v) is 5.74. The van der Waals surface area contributed by atoms with Gasteiger partial charge in [0, 0.05) is 18.6 Å². The molecule has 1 amide bonds. The molecule has 2 aliphatic heterocycles. The van der Waals surface area contributed by atoms with Crippen LogP contribution in [0.5, 0.6) is 0 Å². The van der Waals surface area contributed by atoms with Crippen LogP contribution < -0.4 is 5.32 Å². The van der Waals surface area contributed by atoms with E-state index in [0.717, 1.165) is 25.9 Å². The number of nitrogens with zero attached hydrogens (tertiary/aromatic N) is 1. The quantitative estimate of drug-likeness (QED) is 0.683. The molecule has 86 valence electrons. The molecular weight excluding hydrogens is 192 g/mol. The van der Waals surface area contributed by atoms with Gasteiger partial charge in [-0.05, 0) is 26.7 Å². The van der Waals surface area contributed by atoms with Gasteiger partial charge in [-0.25, -0.2) is 0 Å². The van der Waals surface area contributed by atoms with E-state index < -0.39 is 0 Å². The third-order valence-electron chi connectivity index (χ3n) is 3.39. The fourth-order valence-corrected chi connectivity index (χ4v) is 2.43. The molecule has 15 heavy (non-hydrogen) atoms. The van der Waals surface area contributed by atoms with Gasteiger partial charge >= 0.3 is 0 Å². The van der Waals surface area contributed by atoms with Crippen molar-refractivity contribution in [1.82, 2.24) is 10.2 Å². The Morgan fingerprint density at radius 3 is 2.87 bits per heavy atom. The van der Waals surface area contributed by atoms with Crippen molar-refractivity contribution < 1.29 is 9.53 Å². The lowest BCUT2D eigenvalue weighted by Crippen LogP contribution is -2.55. The lowest BCUT2D eigenvalue weighted by Gasteiger charge is -2.35. The zero-order chi connectivity index (χ0) is 10.9. The largest absolute Gasteiger partial charge is 0.378 e. The highest BCUT2D eigenvalue weighted by Crippen LogP contribution is 2.28. The van der Waals surface area contributed by atoms with Crippen molar-refractivity contribution in [2.75, 3.05) is 26.3 Å². The second-order valence-corrected chi connectivity index (χ2v) is 4.99. The van der Waals surface area contributed by atoms with Crippen molar-refractivity contribution in [1.29, 1.82) is 0 Å². The Morgan fingerprint density at radius 1 is 1.53 bits per heavy atom. The van der Waals surface area contributed by atoms with Gasteiger partial charge in [-0.2, -0.15) is 0 Å². The molecular formula is C11H20N2O2. The molecule has 2 saturated heterocycles. The van der Waals surface area contributed by atoms with E-state index >= 15 is 0 Å². The number of hydrogen-bond acceptors (Lipinski definition) is 3. The summed E-state index contributed by atoms with van der Waals surface area (Å²) in [5.74, 6) is 0.206. The van der Waals surface area contributed by atoms with Crippen LogP contribution in [0, 0.1) is 0 Å². The van der Waals surface area contributed by atoms with Gasteiger partial charge in [-0.1, -0.05) is 0 Å². The van der Waals surface area contributed by atoms with Gasteiger partial charge in [0.1, 0.15) is 6.04 Å². The molecule has 2 fully saturated rings. The first-order chi connectivity index (χ1) is 7.11. The second-order valence-electron chi connectivity index (χ2n) is 4.99. The van der Waals surface area contributed by atoms with Crippen molar-refractivity contribution in [3.63, 3.8) is 0 Å². The summed E-state index contributed by atoms with van der Waals surface area (Å²) < 4.78 is 5.32. The minimum Gasteiger partial charge on any atom is -0.378 e. The summed E-state index contributed by atoms with van der Waals surface area (Å²) in [5.41, 5.74) is 0.0240. The van der Waals surface area contributed by atoms with Gasteiger partial charge in [-0.3, -0.25) is 4.79 Å². The third kappa shape index (κ3) is 2.16. The predicted octanol–water partition coefficient (Wildman–Crippen LogP) is 0.376. The van der Waals surface area contributed by atoms with Crippen LogP contribution in [0.1, 0.15) is 26.7 Å². The molecule has 0 aromatic carbocycles. The Balaban J connectivity index is 2.00. The van der Waals surface area contributed by atoms with E-state index in [1.165, 1.54) is 0 Å². The summed E-state index contributed by atoms with van der Waals surface area (Å²) in [6, 6.07) is -0.129. The van der Waals surface area contributed by atoms with Crippen LogP contribution in [0.4, 0.5) is 0 Å². The van der Waals surface area contributed by atoms with Gasteiger partial charge in [0.25, 0.3) is 0 Å². The van der Waals surface area contributed by atoms with Crippen LogP contribution >= 0.6 is 0 Å². The van der Waals surface area contributed by atoms with Crippen molar-refractivity contribution in [2.24, 2.45) is 0 Å². The molecule has 0 aliphatic carbocycles. The number of rotatable bonds is 1. The summed E-state index contributed by atoms with van der Waals surface area (Å²) in [6.45, 7) is 7.19. The fraction of sp³-hybridized carbons (Fsp3) is 0.909. The number of hydrogen-bond donors (Lipinski definition) is 1. The molecule has 1 N–H and O–H groups in total. The van der Waals surface area contributed by atoms with E-state index in [4.69, 9.17) is 4.74 Å². The summed E-state index contributed by atoms with van der Waals surface area (Å²) in [6.07, 6.45) is 2.22. The topological polar surface area (TPSA) is 41.6 Å². The minimum absolute atomic E-state index is 0.0240. The molecule has 0 radical (unpaired) electrons. The summed E-state index contributed by atoms with van der Waals surface area (Å²) >= 11 is 0. The molecule has 4 heteroatoms. The van der Waals surface area contributed by atoms with E-state index in [2.05, 4.69) is 19.2 Å². The van der Waals surface area contributed by atoms with Crippen molar-refractivity contribution in [2.45, 2.75) is 38.3 Å². The smallest absolute Gasteiger partial charge is 0.242 e. The lowest BCUT2D eigenvalue weighted by atomic mass is 10.0. The number of nitrogens with one attached hydrogen (secondary N) is 1. The Labute approximate surface area is 91.0 Å². The monoisotopic (exact) mass is 212 g/mol. The van der Waals surface area contributed by atoms with E-state index in [1.807, 2.05) is 4.90 Å². The van der Waals surface area contributed by atoms with Crippen molar-refractivity contribution in [3.8, 4) is 0 Å². The van der Waals surface area contributed by atoms with Gasteiger partial charge < -0.3 is 15.0 Å². The van der Waals surface area contributed by atoms with Crippen LogP contribution in [0.3, 0.4) is 0 Å². The first kappa shape index (κ1) is 10.9. The maximum Gasteiger partial charge on any atom is 0.242 e. The SMILES string of the molecule is CC1(C)CCCN1C(=O)C1COCCN1. The maximum absolute atomic E-state index is 12.2.